The lowest BCUT2D eigenvalue weighted by atomic mass is 10.0. The number of anilines is 2. The molecular weight excluding hydrogens is 308 g/mol. The third-order valence-electron chi connectivity index (χ3n) is 4.69. The molecule has 0 bridgehead atoms. The molecule has 0 spiro atoms. The largest absolute Gasteiger partial charge is 0.383 e. The number of rotatable bonds is 3. The molecular formula is C21H22N4. The SMILES string of the molecule is Nc1ncc(-c2ccc(N3CCNCC3)cc2)cc1-c1ccccc1. The van der Waals surface area contributed by atoms with Crippen LogP contribution in [0.15, 0.2) is 66.9 Å². The Morgan fingerprint density at radius 3 is 2.28 bits per heavy atom. The van der Waals surface area contributed by atoms with Crippen molar-refractivity contribution in [3.8, 4) is 22.3 Å². The molecule has 3 N–H and O–H groups in total. The maximum absolute atomic E-state index is 6.10. The van der Waals surface area contributed by atoms with Gasteiger partial charge in [-0.1, -0.05) is 42.5 Å². The van der Waals surface area contributed by atoms with Gasteiger partial charge in [0, 0.05) is 49.2 Å². The van der Waals surface area contributed by atoms with Gasteiger partial charge in [-0.05, 0) is 29.3 Å². The average Bonchev–Trinajstić information content (AvgIpc) is 2.70. The van der Waals surface area contributed by atoms with Crippen LogP contribution >= 0.6 is 0 Å². The molecule has 25 heavy (non-hydrogen) atoms. The van der Waals surface area contributed by atoms with Crippen LogP contribution in [0.4, 0.5) is 11.5 Å². The summed E-state index contributed by atoms with van der Waals surface area (Å²) in [4.78, 5) is 6.82. The van der Waals surface area contributed by atoms with E-state index >= 15 is 0 Å². The first-order valence-electron chi connectivity index (χ1n) is 8.68. The number of benzene rings is 2. The van der Waals surface area contributed by atoms with Crippen molar-refractivity contribution in [2.75, 3.05) is 36.8 Å². The molecule has 1 aliphatic rings. The van der Waals surface area contributed by atoms with Crippen LogP contribution in [0, 0.1) is 0 Å². The summed E-state index contributed by atoms with van der Waals surface area (Å²) in [5.74, 6) is 0.562. The van der Waals surface area contributed by atoms with Gasteiger partial charge in [0.25, 0.3) is 0 Å². The number of nitrogen functional groups attached to an aromatic ring is 1. The van der Waals surface area contributed by atoms with Crippen LogP contribution in [0.3, 0.4) is 0 Å². The van der Waals surface area contributed by atoms with E-state index in [0.717, 1.165) is 48.4 Å². The van der Waals surface area contributed by atoms with Gasteiger partial charge in [0.05, 0.1) is 0 Å². The maximum Gasteiger partial charge on any atom is 0.131 e. The van der Waals surface area contributed by atoms with Crippen LogP contribution < -0.4 is 16.0 Å². The van der Waals surface area contributed by atoms with E-state index in [0.29, 0.717) is 5.82 Å². The lowest BCUT2D eigenvalue weighted by Crippen LogP contribution is -2.43. The van der Waals surface area contributed by atoms with E-state index in [1.807, 2.05) is 24.4 Å². The molecule has 4 nitrogen and oxygen atoms in total. The Kier molecular flexibility index (Phi) is 4.36. The monoisotopic (exact) mass is 330 g/mol. The molecule has 0 amide bonds. The Morgan fingerprint density at radius 1 is 0.840 bits per heavy atom. The van der Waals surface area contributed by atoms with E-state index in [1.165, 1.54) is 5.69 Å². The zero-order valence-corrected chi connectivity index (χ0v) is 14.2. The zero-order chi connectivity index (χ0) is 17.1. The van der Waals surface area contributed by atoms with Gasteiger partial charge < -0.3 is 16.0 Å². The van der Waals surface area contributed by atoms with Crippen molar-refractivity contribution < 1.29 is 0 Å². The van der Waals surface area contributed by atoms with Crippen LogP contribution in [-0.2, 0) is 0 Å². The fraction of sp³-hybridized carbons (Fsp3) is 0.190. The number of piperazine rings is 1. The fourth-order valence-corrected chi connectivity index (χ4v) is 3.27. The highest BCUT2D eigenvalue weighted by Gasteiger charge is 2.11. The quantitative estimate of drug-likeness (QED) is 0.773. The summed E-state index contributed by atoms with van der Waals surface area (Å²) in [5, 5.41) is 3.39. The van der Waals surface area contributed by atoms with Gasteiger partial charge in [-0.3, -0.25) is 0 Å². The van der Waals surface area contributed by atoms with Crippen LogP contribution in [-0.4, -0.2) is 31.2 Å². The summed E-state index contributed by atoms with van der Waals surface area (Å²) in [7, 11) is 0. The maximum atomic E-state index is 6.10. The first-order valence-corrected chi connectivity index (χ1v) is 8.68. The number of hydrogen-bond donors (Lipinski definition) is 2. The molecule has 1 aliphatic heterocycles. The molecule has 4 rings (SSSR count). The third kappa shape index (κ3) is 3.35. The molecule has 0 aliphatic carbocycles. The summed E-state index contributed by atoms with van der Waals surface area (Å²) in [6.07, 6.45) is 1.85. The van der Waals surface area contributed by atoms with Gasteiger partial charge >= 0.3 is 0 Å². The molecule has 126 valence electrons. The number of hydrogen-bond acceptors (Lipinski definition) is 4. The second-order valence-electron chi connectivity index (χ2n) is 6.31. The van der Waals surface area contributed by atoms with Crippen molar-refractivity contribution in [1.82, 2.24) is 10.3 Å². The standard InChI is InChI=1S/C21H22N4/c22-21-20(17-4-2-1-3-5-17)14-18(15-24-21)16-6-8-19(9-7-16)25-12-10-23-11-13-25/h1-9,14-15,23H,10-13H2,(H2,22,24). The molecule has 2 aromatic carbocycles. The Morgan fingerprint density at radius 2 is 1.56 bits per heavy atom. The minimum absolute atomic E-state index is 0.562. The molecule has 2 heterocycles. The molecule has 0 saturated carbocycles. The third-order valence-corrected chi connectivity index (χ3v) is 4.69. The van der Waals surface area contributed by atoms with Gasteiger partial charge in [0.2, 0.25) is 0 Å². The van der Waals surface area contributed by atoms with Crippen molar-refractivity contribution in [1.29, 1.82) is 0 Å². The Hall–Kier alpha value is -2.85. The van der Waals surface area contributed by atoms with Gasteiger partial charge in [0.1, 0.15) is 5.82 Å². The van der Waals surface area contributed by atoms with E-state index in [1.54, 1.807) is 0 Å². The molecule has 4 heteroatoms. The predicted molar refractivity (Wildman–Crippen MR) is 105 cm³/mol. The van der Waals surface area contributed by atoms with Gasteiger partial charge in [0.15, 0.2) is 0 Å². The van der Waals surface area contributed by atoms with Crippen molar-refractivity contribution in [2.45, 2.75) is 0 Å². The first-order chi connectivity index (χ1) is 12.3. The van der Waals surface area contributed by atoms with Crippen LogP contribution in [0.2, 0.25) is 0 Å². The van der Waals surface area contributed by atoms with Crippen molar-refractivity contribution >= 4 is 11.5 Å². The highest BCUT2D eigenvalue weighted by atomic mass is 15.2. The minimum Gasteiger partial charge on any atom is -0.383 e. The van der Waals surface area contributed by atoms with Crippen LogP contribution in [0.5, 0.6) is 0 Å². The van der Waals surface area contributed by atoms with E-state index in [4.69, 9.17) is 5.73 Å². The number of nitrogens with zero attached hydrogens (tertiary/aromatic N) is 2. The molecule has 3 aromatic rings. The molecule has 0 radical (unpaired) electrons. The van der Waals surface area contributed by atoms with Crippen molar-refractivity contribution in [3.63, 3.8) is 0 Å². The van der Waals surface area contributed by atoms with E-state index in [-0.39, 0.29) is 0 Å². The Balaban J connectivity index is 1.63. The Labute approximate surface area is 148 Å². The van der Waals surface area contributed by atoms with Gasteiger partial charge in [-0.25, -0.2) is 4.98 Å². The highest BCUT2D eigenvalue weighted by molar-refractivity contribution is 5.79. The van der Waals surface area contributed by atoms with E-state index < -0.39 is 0 Å². The van der Waals surface area contributed by atoms with Crippen LogP contribution in [0.1, 0.15) is 0 Å². The fourth-order valence-electron chi connectivity index (χ4n) is 3.27. The van der Waals surface area contributed by atoms with Crippen LogP contribution in [0.25, 0.3) is 22.3 Å². The molecule has 1 saturated heterocycles. The summed E-state index contributed by atoms with van der Waals surface area (Å²) in [6.45, 7) is 4.20. The molecule has 0 atom stereocenters. The smallest absolute Gasteiger partial charge is 0.131 e. The van der Waals surface area contributed by atoms with E-state index in [2.05, 4.69) is 57.7 Å². The van der Waals surface area contributed by atoms with Crippen molar-refractivity contribution in [2.24, 2.45) is 0 Å². The second-order valence-corrected chi connectivity index (χ2v) is 6.31. The topological polar surface area (TPSA) is 54.2 Å². The summed E-state index contributed by atoms with van der Waals surface area (Å²) < 4.78 is 0. The van der Waals surface area contributed by atoms with Gasteiger partial charge in [-0.15, -0.1) is 0 Å². The summed E-state index contributed by atoms with van der Waals surface area (Å²) in [5.41, 5.74) is 11.7. The summed E-state index contributed by atoms with van der Waals surface area (Å²) in [6, 6.07) is 21.0. The number of nitrogens with one attached hydrogen (secondary N) is 1. The lowest BCUT2D eigenvalue weighted by molar-refractivity contribution is 0.589. The average molecular weight is 330 g/mol. The number of aromatic nitrogens is 1. The number of nitrogens with two attached hydrogens (primary N) is 1. The first kappa shape index (κ1) is 15.7. The molecule has 1 fully saturated rings. The minimum atomic E-state index is 0.562. The second kappa shape index (κ2) is 6.95. The number of pyridine rings is 1. The summed E-state index contributed by atoms with van der Waals surface area (Å²) >= 11 is 0. The molecule has 0 unspecified atom stereocenters. The van der Waals surface area contributed by atoms with Gasteiger partial charge in [-0.2, -0.15) is 0 Å². The lowest BCUT2D eigenvalue weighted by Gasteiger charge is -2.29. The zero-order valence-electron chi connectivity index (χ0n) is 14.2. The van der Waals surface area contributed by atoms with E-state index in [9.17, 15) is 0 Å². The highest BCUT2D eigenvalue weighted by Crippen LogP contribution is 2.30. The Bertz CT molecular complexity index is 838. The predicted octanol–water partition coefficient (Wildman–Crippen LogP) is 3.41. The molecule has 1 aromatic heterocycles. The van der Waals surface area contributed by atoms with Crippen molar-refractivity contribution in [3.05, 3.63) is 66.9 Å². The normalized spacial score (nSPS) is 14.5.